The lowest BCUT2D eigenvalue weighted by molar-refractivity contribution is -0.145. The summed E-state index contributed by atoms with van der Waals surface area (Å²) in [6.07, 6.45) is 2.77. The first kappa shape index (κ1) is 20.8. The maximum absolute atomic E-state index is 12.2. The standard InChI is InChI=1S/C25H27N3O3/c1-16-9-10-19(11-17(16)2)24-20(14-28(27-24)21-7-5-4-6-8-21)15-31-23(29)13-26-25(30)22-12-18(22)3/h4-11,14,18,22H,12-13,15H2,1-3H3,(H,26,30)/t18-,22-/m1/s1. The summed E-state index contributed by atoms with van der Waals surface area (Å²) in [4.78, 5) is 24.1. The van der Waals surface area contributed by atoms with E-state index in [1.165, 1.54) is 11.1 Å². The molecular formula is C25H27N3O3. The van der Waals surface area contributed by atoms with Crippen LogP contribution in [0, 0.1) is 25.7 Å². The topological polar surface area (TPSA) is 73.2 Å². The fraction of sp³-hybridized carbons (Fsp3) is 0.320. The van der Waals surface area contributed by atoms with Crippen molar-refractivity contribution < 1.29 is 14.3 Å². The lowest BCUT2D eigenvalue weighted by atomic mass is 10.0. The molecule has 1 aliphatic rings. The number of ether oxygens (including phenoxy) is 1. The molecule has 160 valence electrons. The van der Waals surface area contributed by atoms with Crippen LogP contribution < -0.4 is 5.32 Å². The predicted molar refractivity (Wildman–Crippen MR) is 119 cm³/mol. The van der Waals surface area contributed by atoms with Gasteiger partial charge in [-0.15, -0.1) is 0 Å². The van der Waals surface area contributed by atoms with E-state index < -0.39 is 5.97 Å². The highest BCUT2D eigenvalue weighted by molar-refractivity contribution is 5.85. The van der Waals surface area contributed by atoms with Gasteiger partial charge < -0.3 is 10.1 Å². The maximum atomic E-state index is 12.2. The van der Waals surface area contributed by atoms with E-state index in [1.54, 1.807) is 4.68 Å². The monoisotopic (exact) mass is 417 g/mol. The summed E-state index contributed by atoms with van der Waals surface area (Å²) in [6.45, 7) is 6.13. The van der Waals surface area contributed by atoms with E-state index in [4.69, 9.17) is 9.84 Å². The minimum atomic E-state index is -0.458. The Morgan fingerprint density at radius 3 is 2.55 bits per heavy atom. The molecule has 1 aromatic heterocycles. The van der Waals surface area contributed by atoms with Crippen LogP contribution >= 0.6 is 0 Å². The summed E-state index contributed by atoms with van der Waals surface area (Å²) in [6, 6.07) is 16.0. The second-order valence-corrected chi connectivity index (χ2v) is 8.28. The molecule has 2 atom stereocenters. The highest BCUT2D eigenvalue weighted by Crippen LogP contribution is 2.37. The Morgan fingerprint density at radius 1 is 1.13 bits per heavy atom. The molecular weight excluding hydrogens is 390 g/mol. The van der Waals surface area contributed by atoms with Crippen LogP contribution in [0.25, 0.3) is 16.9 Å². The number of carbonyl (C=O) groups is 2. The van der Waals surface area contributed by atoms with Crippen molar-refractivity contribution in [3.8, 4) is 16.9 Å². The van der Waals surface area contributed by atoms with Gasteiger partial charge in [-0.25, -0.2) is 4.68 Å². The number of aryl methyl sites for hydroxylation is 2. The summed E-state index contributed by atoms with van der Waals surface area (Å²) in [5.41, 5.74) is 5.86. The summed E-state index contributed by atoms with van der Waals surface area (Å²) in [7, 11) is 0. The number of hydrogen-bond donors (Lipinski definition) is 1. The number of hydrogen-bond acceptors (Lipinski definition) is 4. The lowest BCUT2D eigenvalue weighted by Gasteiger charge is -2.08. The third-order valence-electron chi connectivity index (χ3n) is 5.83. The quantitative estimate of drug-likeness (QED) is 0.591. The maximum Gasteiger partial charge on any atom is 0.325 e. The Labute approximate surface area is 182 Å². The molecule has 0 spiro atoms. The SMILES string of the molecule is Cc1ccc(-c2nn(-c3ccccc3)cc2COC(=O)CNC(=O)[C@@H]2C[C@H]2C)cc1C. The zero-order valence-corrected chi connectivity index (χ0v) is 18.1. The molecule has 0 bridgehead atoms. The molecule has 1 amide bonds. The molecule has 31 heavy (non-hydrogen) atoms. The van der Waals surface area contributed by atoms with Gasteiger partial charge in [0.2, 0.25) is 5.91 Å². The highest BCUT2D eigenvalue weighted by atomic mass is 16.5. The molecule has 4 rings (SSSR count). The number of rotatable bonds is 7. The summed E-state index contributed by atoms with van der Waals surface area (Å²) < 4.78 is 7.26. The van der Waals surface area contributed by atoms with Crippen LogP contribution in [-0.4, -0.2) is 28.2 Å². The van der Waals surface area contributed by atoms with E-state index >= 15 is 0 Å². The van der Waals surface area contributed by atoms with E-state index in [0.717, 1.165) is 28.9 Å². The third-order valence-corrected chi connectivity index (χ3v) is 5.83. The third kappa shape index (κ3) is 4.85. The second-order valence-electron chi connectivity index (χ2n) is 8.28. The fourth-order valence-corrected chi connectivity index (χ4v) is 3.55. The van der Waals surface area contributed by atoms with E-state index in [9.17, 15) is 9.59 Å². The van der Waals surface area contributed by atoms with Crippen molar-refractivity contribution in [1.82, 2.24) is 15.1 Å². The van der Waals surface area contributed by atoms with Gasteiger partial charge >= 0.3 is 5.97 Å². The molecule has 0 radical (unpaired) electrons. The number of carbonyl (C=O) groups excluding carboxylic acids is 2. The van der Waals surface area contributed by atoms with Crippen LogP contribution in [0.5, 0.6) is 0 Å². The molecule has 1 fully saturated rings. The molecule has 1 saturated carbocycles. The van der Waals surface area contributed by atoms with Gasteiger partial charge in [0.1, 0.15) is 13.2 Å². The van der Waals surface area contributed by atoms with Crippen molar-refractivity contribution in [3.63, 3.8) is 0 Å². The Morgan fingerprint density at radius 2 is 1.87 bits per heavy atom. The van der Waals surface area contributed by atoms with E-state index in [2.05, 4.69) is 31.3 Å². The molecule has 0 unspecified atom stereocenters. The number of amides is 1. The molecule has 0 aliphatic heterocycles. The second kappa shape index (κ2) is 8.76. The van der Waals surface area contributed by atoms with E-state index in [-0.39, 0.29) is 25.0 Å². The van der Waals surface area contributed by atoms with Crippen LogP contribution in [0.2, 0.25) is 0 Å². The van der Waals surface area contributed by atoms with Crippen LogP contribution in [0.1, 0.15) is 30.0 Å². The minimum Gasteiger partial charge on any atom is -0.459 e. The van der Waals surface area contributed by atoms with Gasteiger partial charge in [-0.3, -0.25) is 9.59 Å². The zero-order chi connectivity index (χ0) is 22.0. The zero-order valence-electron chi connectivity index (χ0n) is 18.1. The van der Waals surface area contributed by atoms with Crippen molar-refractivity contribution in [2.75, 3.05) is 6.54 Å². The largest absolute Gasteiger partial charge is 0.459 e. The highest BCUT2D eigenvalue weighted by Gasteiger charge is 2.39. The molecule has 0 saturated heterocycles. The Bertz CT molecular complexity index is 1100. The average Bonchev–Trinajstić information content (AvgIpc) is 3.35. The van der Waals surface area contributed by atoms with Gasteiger partial charge in [0, 0.05) is 23.2 Å². The predicted octanol–water partition coefficient (Wildman–Crippen LogP) is 3.97. The van der Waals surface area contributed by atoms with Crippen LogP contribution in [0.3, 0.4) is 0 Å². The molecule has 6 heteroatoms. The average molecular weight is 418 g/mol. The van der Waals surface area contributed by atoms with Gasteiger partial charge in [-0.2, -0.15) is 5.10 Å². The fourth-order valence-electron chi connectivity index (χ4n) is 3.55. The summed E-state index contributed by atoms with van der Waals surface area (Å²) >= 11 is 0. The number of nitrogens with one attached hydrogen (secondary N) is 1. The lowest BCUT2D eigenvalue weighted by Crippen LogP contribution is -2.32. The number of aromatic nitrogens is 2. The first-order valence-electron chi connectivity index (χ1n) is 10.6. The number of nitrogens with zero attached hydrogens (tertiary/aromatic N) is 2. The molecule has 2 aromatic carbocycles. The molecule has 1 heterocycles. The van der Waals surface area contributed by atoms with Gasteiger partial charge in [-0.05, 0) is 55.5 Å². The van der Waals surface area contributed by atoms with Crippen molar-refractivity contribution in [3.05, 3.63) is 71.4 Å². The van der Waals surface area contributed by atoms with Gasteiger partial charge in [0.25, 0.3) is 0 Å². The van der Waals surface area contributed by atoms with Crippen LogP contribution in [0.15, 0.2) is 54.7 Å². The number of para-hydroxylation sites is 1. The minimum absolute atomic E-state index is 0.0354. The summed E-state index contributed by atoms with van der Waals surface area (Å²) in [5, 5.41) is 7.44. The van der Waals surface area contributed by atoms with E-state index in [1.807, 2.05) is 49.5 Å². The summed E-state index contributed by atoms with van der Waals surface area (Å²) in [5.74, 6) is -0.0917. The first-order chi connectivity index (χ1) is 14.9. The van der Waals surface area contributed by atoms with Gasteiger partial charge in [0.05, 0.1) is 11.4 Å². The van der Waals surface area contributed by atoms with Crippen molar-refractivity contribution in [1.29, 1.82) is 0 Å². The molecule has 1 N–H and O–H groups in total. The molecule has 1 aliphatic carbocycles. The van der Waals surface area contributed by atoms with Gasteiger partial charge in [0.15, 0.2) is 0 Å². The molecule has 6 nitrogen and oxygen atoms in total. The Balaban J connectivity index is 1.51. The number of esters is 1. The Hall–Kier alpha value is -3.41. The molecule has 3 aromatic rings. The smallest absolute Gasteiger partial charge is 0.325 e. The van der Waals surface area contributed by atoms with Crippen molar-refractivity contribution >= 4 is 11.9 Å². The van der Waals surface area contributed by atoms with Gasteiger partial charge in [-0.1, -0.05) is 37.3 Å². The first-order valence-corrected chi connectivity index (χ1v) is 10.6. The Kier molecular flexibility index (Phi) is 5.89. The van der Waals surface area contributed by atoms with Crippen LogP contribution in [-0.2, 0) is 20.9 Å². The van der Waals surface area contributed by atoms with Crippen molar-refractivity contribution in [2.24, 2.45) is 11.8 Å². The van der Waals surface area contributed by atoms with Crippen LogP contribution in [0.4, 0.5) is 0 Å². The number of benzene rings is 2. The normalized spacial score (nSPS) is 17.3. The van der Waals surface area contributed by atoms with E-state index in [0.29, 0.717) is 5.92 Å². The van der Waals surface area contributed by atoms with Crippen molar-refractivity contribution in [2.45, 2.75) is 33.8 Å².